The SMILES string of the molecule is CCC(Oc1ccc(C(C)(C)C)cc1)C(=O)Nc1cccc(SC)c1. The molecule has 0 spiro atoms. The third-order valence-corrected chi connectivity index (χ3v) is 4.72. The van der Waals surface area contributed by atoms with Crippen molar-refractivity contribution in [3.8, 4) is 5.75 Å². The van der Waals surface area contributed by atoms with Gasteiger partial charge in [-0.25, -0.2) is 0 Å². The van der Waals surface area contributed by atoms with E-state index in [1.54, 1.807) is 11.8 Å². The molecule has 0 aliphatic heterocycles. The lowest BCUT2D eigenvalue weighted by atomic mass is 9.87. The van der Waals surface area contributed by atoms with Crippen molar-refractivity contribution < 1.29 is 9.53 Å². The van der Waals surface area contributed by atoms with Gasteiger partial charge in [-0.05, 0) is 54.0 Å². The first-order valence-corrected chi connectivity index (χ1v) is 9.78. The predicted octanol–water partition coefficient (Wildman–Crippen LogP) is 5.50. The van der Waals surface area contributed by atoms with Crippen LogP contribution >= 0.6 is 11.8 Å². The van der Waals surface area contributed by atoms with Gasteiger partial charge in [0.1, 0.15) is 5.75 Å². The van der Waals surface area contributed by atoms with Crippen LogP contribution < -0.4 is 10.1 Å². The fourth-order valence-corrected chi connectivity index (χ4v) is 2.90. The number of carbonyl (C=O) groups excluding carboxylic acids is 1. The summed E-state index contributed by atoms with van der Waals surface area (Å²) in [5, 5.41) is 2.95. The molecule has 1 amide bonds. The van der Waals surface area contributed by atoms with Crippen LogP contribution in [0.2, 0.25) is 0 Å². The Bertz CT molecular complexity index is 705. The van der Waals surface area contributed by atoms with Gasteiger partial charge in [0.2, 0.25) is 0 Å². The van der Waals surface area contributed by atoms with E-state index in [9.17, 15) is 4.79 Å². The molecule has 0 heterocycles. The summed E-state index contributed by atoms with van der Waals surface area (Å²) in [4.78, 5) is 13.6. The summed E-state index contributed by atoms with van der Waals surface area (Å²) >= 11 is 1.65. The van der Waals surface area contributed by atoms with Crippen molar-refractivity contribution in [2.24, 2.45) is 0 Å². The Morgan fingerprint density at radius 3 is 2.40 bits per heavy atom. The maximum absolute atomic E-state index is 12.5. The lowest BCUT2D eigenvalue weighted by molar-refractivity contribution is -0.122. The van der Waals surface area contributed by atoms with Gasteiger partial charge in [-0.15, -0.1) is 11.8 Å². The highest BCUT2D eigenvalue weighted by atomic mass is 32.2. The van der Waals surface area contributed by atoms with Crippen LogP contribution in [0.25, 0.3) is 0 Å². The lowest BCUT2D eigenvalue weighted by Crippen LogP contribution is -2.32. The molecule has 3 nitrogen and oxygen atoms in total. The van der Waals surface area contributed by atoms with Crippen molar-refractivity contribution in [2.45, 2.75) is 50.5 Å². The summed E-state index contributed by atoms with van der Waals surface area (Å²) in [6.45, 7) is 8.47. The summed E-state index contributed by atoms with van der Waals surface area (Å²) < 4.78 is 5.90. The van der Waals surface area contributed by atoms with Crippen molar-refractivity contribution in [3.05, 3.63) is 54.1 Å². The molecule has 1 unspecified atom stereocenters. The minimum absolute atomic E-state index is 0.0996. The molecule has 2 aromatic rings. The average Bonchev–Trinajstić information content (AvgIpc) is 2.59. The Hall–Kier alpha value is -1.94. The fraction of sp³-hybridized carbons (Fsp3) is 0.381. The van der Waals surface area contributed by atoms with Gasteiger partial charge in [0.25, 0.3) is 5.91 Å². The number of nitrogens with one attached hydrogen (secondary N) is 1. The lowest BCUT2D eigenvalue weighted by Gasteiger charge is -2.21. The van der Waals surface area contributed by atoms with E-state index in [2.05, 4.69) is 38.2 Å². The van der Waals surface area contributed by atoms with Crippen LogP contribution in [0.4, 0.5) is 5.69 Å². The normalized spacial score (nSPS) is 12.5. The van der Waals surface area contributed by atoms with Gasteiger partial charge in [-0.1, -0.05) is 45.9 Å². The monoisotopic (exact) mass is 357 g/mol. The zero-order valence-corrected chi connectivity index (χ0v) is 16.4. The third kappa shape index (κ3) is 5.53. The molecular formula is C21H27NO2S. The van der Waals surface area contributed by atoms with Crippen molar-refractivity contribution in [1.82, 2.24) is 0 Å². The molecule has 0 radical (unpaired) electrons. The van der Waals surface area contributed by atoms with Gasteiger partial charge >= 0.3 is 0 Å². The molecular weight excluding hydrogens is 330 g/mol. The maximum atomic E-state index is 12.5. The highest BCUT2D eigenvalue weighted by Crippen LogP contribution is 2.25. The van der Waals surface area contributed by atoms with Crippen LogP contribution in [0.1, 0.15) is 39.7 Å². The minimum atomic E-state index is -0.515. The Kier molecular flexibility index (Phi) is 6.54. The molecule has 2 aromatic carbocycles. The molecule has 1 N–H and O–H groups in total. The van der Waals surface area contributed by atoms with E-state index in [0.29, 0.717) is 12.2 Å². The fourth-order valence-electron chi connectivity index (χ4n) is 2.44. The second kappa shape index (κ2) is 8.43. The van der Waals surface area contributed by atoms with E-state index in [4.69, 9.17) is 4.74 Å². The van der Waals surface area contributed by atoms with E-state index in [-0.39, 0.29) is 11.3 Å². The number of amides is 1. The van der Waals surface area contributed by atoms with Gasteiger partial charge in [0.15, 0.2) is 6.10 Å². The number of ether oxygens (including phenoxy) is 1. The second-order valence-corrected chi connectivity index (χ2v) is 7.89. The van der Waals surface area contributed by atoms with E-state index >= 15 is 0 Å². The Labute approximate surface area is 155 Å². The standard InChI is InChI=1S/C21H27NO2S/c1-6-19(20(23)22-16-8-7-9-18(14-16)25-5)24-17-12-10-15(11-13-17)21(2,3)4/h7-14,19H,6H2,1-5H3,(H,22,23). The number of benzene rings is 2. The number of rotatable bonds is 6. The van der Waals surface area contributed by atoms with Crippen LogP contribution in [-0.4, -0.2) is 18.3 Å². The molecule has 25 heavy (non-hydrogen) atoms. The first-order chi connectivity index (χ1) is 11.8. The Balaban J connectivity index is 2.04. The highest BCUT2D eigenvalue weighted by molar-refractivity contribution is 7.98. The molecule has 4 heteroatoms. The summed E-state index contributed by atoms with van der Waals surface area (Å²) in [7, 11) is 0. The molecule has 1 atom stereocenters. The van der Waals surface area contributed by atoms with Gasteiger partial charge in [0, 0.05) is 10.6 Å². The van der Waals surface area contributed by atoms with Crippen molar-refractivity contribution >= 4 is 23.4 Å². The summed E-state index contributed by atoms with van der Waals surface area (Å²) in [5.41, 5.74) is 2.13. The van der Waals surface area contributed by atoms with Crippen LogP contribution in [0, 0.1) is 0 Å². The Morgan fingerprint density at radius 1 is 1.16 bits per heavy atom. The van der Waals surface area contributed by atoms with Gasteiger partial charge < -0.3 is 10.1 Å². The maximum Gasteiger partial charge on any atom is 0.265 e. The van der Waals surface area contributed by atoms with Gasteiger partial charge in [-0.2, -0.15) is 0 Å². The minimum Gasteiger partial charge on any atom is -0.481 e. The number of anilines is 1. The summed E-state index contributed by atoms with van der Waals surface area (Å²) in [5.74, 6) is 0.591. The zero-order valence-electron chi connectivity index (χ0n) is 15.6. The average molecular weight is 358 g/mol. The Morgan fingerprint density at radius 2 is 1.84 bits per heavy atom. The van der Waals surface area contributed by atoms with Crippen LogP contribution in [0.15, 0.2) is 53.4 Å². The zero-order chi connectivity index (χ0) is 18.4. The van der Waals surface area contributed by atoms with E-state index < -0.39 is 6.10 Å². The number of hydrogen-bond acceptors (Lipinski definition) is 3. The summed E-state index contributed by atoms with van der Waals surface area (Å²) in [6.07, 6.45) is 2.10. The molecule has 2 rings (SSSR count). The van der Waals surface area contributed by atoms with Gasteiger partial charge in [0.05, 0.1) is 0 Å². The number of carbonyl (C=O) groups is 1. The number of thioether (sulfide) groups is 1. The first-order valence-electron chi connectivity index (χ1n) is 8.55. The largest absolute Gasteiger partial charge is 0.481 e. The second-order valence-electron chi connectivity index (χ2n) is 7.01. The number of hydrogen-bond donors (Lipinski definition) is 1. The molecule has 0 aliphatic carbocycles. The van der Waals surface area contributed by atoms with Crippen LogP contribution in [0.5, 0.6) is 5.75 Å². The summed E-state index contributed by atoms with van der Waals surface area (Å²) in [6, 6.07) is 15.8. The van der Waals surface area contributed by atoms with Gasteiger partial charge in [-0.3, -0.25) is 4.79 Å². The van der Waals surface area contributed by atoms with E-state index in [1.165, 1.54) is 5.56 Å². The van der Waals surface area contributed by atoms with E-state index in [1.807, 2.05) is 49.6 Å². The smallest absolute Gasteiger partial charge is 0.265 e. The molecule has 0 aliphatic rings. The first kappa shape index (κ1) is 19.4. The van der Waals surface area contributed by atoms with Crippen LogP contribution in [0.3, 0.4) is 0 Å². The van der Waals surface area contributed by atoms with Crippen LogP contribution in [-0.2, 0) is 10.2 Å². The quantitative estimate of drug-likeness (QED) is 0.694. The molecule has 0 saturated heterocycles. The predicted molar refractivity (Wildman–Crippen MR) is 107 cm³/mol. The topological polar surface area (TPSA) is 38.3 Å². The third-order valence-electron chi connectivity index (χ3n) is 4.00. The molecule has 0 fully saturated rings. The van der Waals surface area contributed by atoms with Crippen molar-refractivity contribution in [1.29, 1.82) is 0 Å². The van der Waals surface area contributed by atoms with E-state index in [0.717, 1.165) is 10.6 Å². The molecule has 0 saturated carbocycles. The highest BCUT2D eigenvalue weighted by Gasteiger charge is 2.19. The molecule has 0 bridgehead atoms. The van der Waals surface area contributed by atoms with Crippen molar-refractivity contribution in [3.63, 3.8) is 0 Å². The van der Waals surface area contributed by atoms with Crippen molar-refractivity contribution in [2.75, 3.05) is 11.6 Å². The molecule has 134 valence electrons. The molecule has 0 aromatic heterocycles.